The van der Waals surface area contributed by atoms with E-state index in [9.17, 15) is 31.6 Å². The zero-order valence-electron chi connectivity index (χ0n) is 16.9. The highest BCUT2D eigenvalue weighted by molar-refractivity contribution is 7.91. The van der Waals surface area contributed by atoms with Gasteiger partial charge in [0.15, 0.2) is 0 Å². The summed E-state index contributed by atoms with van der Waals surface area (Å²) in [5, 5.41) is 2.47. The molecule has 4 N–H and O–H groups in total. The van der Waals surface area contributed by atoms with Gasteiger partial charge < -0.3 is 16.0 Å². The summed E-state index contributed by atoms with van der Waals surface area (Å²) in [6.07, 6.45) is 1.47. The number of unbranched alkanes of at least 4 members (excludes halogenated alkanes) is 1. The van der Waals surface area contributed by atoms with E-state index in [1.807, 2.05) is 6.92 Å². The van der Waals surface area contributed by atoms with Crippen molar-refractivity contribution in [1.82, 2.24) is 9.55 Å². The van der Waals surface area contributed by atoms with Crippen LogP contribution >= 0.6 is 0 Å². The third-order valence-corrected chi connectivity index (χ3v) is 5.81. The lowest BCUT2D eigenvalue weighted by Gasteiger charge is -2.21. The average Bonchev–Trinajstić information content (AvgIpc) is 2.67. The molecule has 0 aliphatic carbocycles. The molecular formula is C18H23F2N5O5S. The number of nitrogen functional groups attached to an aromatic ring is 1. The number of carbonyl (C=O) groups excluding carboxylic acids is 1. The Morgan fingerprint density at radius 2 is 1.87 bits per heavy atom. The van der Waals surface area contributed by atoms with Crippen molar-refractivity contribution in [2.24, 2.45) is 0 Å². The van der Waals surface area contributed by atoms with Crippen molar-refractivity contribution in [1.29, 1.82) is 0 Å². The maximum Gasteiger partial charge on any atom is 0.341 e. The predicted molar refractivity (Wildman–Crippen MR) is 112 cm³/mol. The lowest BCUT2D eigenvalue weighted by Crippen LogP contribution is -2.39. The summed E-state index contributed by atoms with van der Waals surface area (Å²) in [5.41, 5.74) is 4.72. The van der Waals surface area contributed by atoms with Crippen LogP contribution in [-0.4, -0.2) is 43.2 Å². The number of sulfone groups is 1. The second-order valence-corrected chi connectivity index (χ2v) is 8.65. The minimum absolute atomic E-state index is 0.0516. The van der Waals surface area contributed by atoms with Crippen molar-refractivity contribution in [3.8, 4) is 0 Å². The van der Waals surface area contributed by atoms with E-state index in [0.717, 1.165) is 18.6 Å². The molecule has 0 radical (unpaired) electrons. The normalized spacial score (nSPS) is 11.5. The smallest absolute Gasteiger partial charge is 0.341 e. The van der Waals surface area contributed by atoms with Gasteiger partial charge >= 0.3 is 11.4 Å². The zero-order chi connectivity index (χ0) is 23.3. The van der Waals surface area contributed by atoms with Crippen LogP contribution in [0.3, 0.4) is 0 Å². The summed E-state index contributed by atoms with van der Waals surface area (Å²) in [7, 11) is -3.30. The van der Waals surface area contributed by atoms with Crippen molar-refractivity contribution in [3.63, 3.8) is 0 Å². The number of nitrogens with one attached hydrogen (secondary N) is 2. The molecule has 0 saturated carbocycles. The maximum atomic E-state index is 12.6. The topological polar surface area (TPSA) is 147 Å². The number of aromatic amines is 1. The molecule has 1 heterocycles. The molecular weight excluding hydrogens is 436 g/mol. The lowest BCUT2D eigenvalue weighted by molar-refractivity contribution is -0.114. The second-order valence-electron chi connectivity index (χ2n) is 6.73. The summed E-state index contributed by atoms with van der Waals surface area (Å²) in [5.74, 6) is -4.21. The number of nitrogens with two attached hydrogens (primary N) is 1. The number of nitrogens with zero attached hydrogens (tertiary/aromatic N) is 2. The maximum absolute atomic E-state index is 12.6. The first-order valence-corrected chi connectivity index (χ1v) is 10.8. The minimum atomic E-state index is -4.74. The van der Waals surface area contributed by atoms with E-state index in [-0.39, 0.29) is 23.7 Å². The fourth-order valence-corrected chi connectivity index (χ4v) is 3.53. The molecule has 31 heavy (non-hydrogen) atoms. The molecule has 0 unspecified atom stereocenters. The van der Waals surface area contributed by atoms with Crippen molar-refractivity contribution in [2.75, 3.05) is 29.5 Å². The molecule has 2 rings (SSSR count). The number of H-pyrrole nitrogens is 1. The first-order valence-electron chi connectivity index (χ1n) is 9.24. The number of carbonyl (C=O) groups is 1. The van der Waals surface area contributed by atoms with Crippen molar-refractivity contribution < 1.29 is 22.0 Å². The molecule has 0 fully saturated rings. The third kappa shape index (κ3) is 5.48. The number of anilines is 3. The van der Waals surface area contributed by atoms with Crippen molar-refractivity contribution in [2.45, 2.75) is 37.0 Å². The highest BCUT2D eigenvalue weighted by Gasteiger charge is 2.26. The number of aromatic nitrogens is 2. The van der Waals surface area contributed by atoms with Crippen LogP contribution < -0.4 is 27.2 Å². The van der Waals surface area contributed by atoms with E-state index in [1.54, 1.807) is 0 Å². The lowest BCUT2D eigenvalue weighted by atomic mass is 10.3. The minimum Gasteiger partial charge on any atom is -0.383 e. The standard InChI is InChI=1S/C18H23F2N5O5S/c1-3-4-9-25-15(21)14(16(27)23-18(25)28)24(2)10-13(26)22-11-5-7-12(8-6-11)31(29,30)17(19)20/h5-8,17H,3-4,9-10,21H2,1-2H3,(H,22,26)(H,23,27,28). The van der Waals surface area contributed by atoms with Crippen molar-refractivity contribution in [3.05, 3.63) is 45.1 Å². The van der Waals surface area contributed by atoms with Crippen LogP contribution in [0, 0.1) is 0 Å². The monoisotopic (exact) mass is 459 g/mol. The van der Waals surface area contributed by atoms with Crippen LogP contribution in [0.4, 0.5) is 26.0 Å². The van der Waals surface area contributed by atoms with E-state index in [2.05, 4.69) is 10.3 Å². The van der Waals surface area contributed by atoms with Gasteiger partial charge in [-0.25, -0.2) is 13.2 Å². The van der Waals surface area contributed by atoms with Gasteiger partial charge in [0, 0.05) is 19.3 Å². The van der Waals surface area contributed by atoms with Gasteiger partial charge in [-0.2, -0.15) is 8.78 Å². The largest absolute Gasteiger partial charge is 0.383 e. The second kappa shape index (κ2) is 9.73. The van der Waals surface area contributed by atoms with Gasteiger partial charge in [-0.15, -0.1) is 0 Å². The first-order chi connectivity index (χ1) is 14.5. The highest BCUT2D eigenvalue weighted by atomic mass is 32.2. The van der Waals surface area contributed by atoms with Gasteiger partial charge in [0.05, 0.1) is 11.4 Å². The summed E-state index contributed by atoms with van der Waals surface area (Å²) >= 11 is 0. The highest BCUT2D eigenvalue weighted by Crippen LogP contribution is 2.20. The Kier molecular flexibility index (Phi) is 7.55. The predicted octanol–water partition coefficient (Wildman–Crippen LogP) is 0.990. The molecule has 0 spiro atoms. The fraction of sp³-hybridized carbons (Fsp3) is 0.389. The fourth-order valence-electron chi connectivity index (χ4n) is 2.81. The number of rotatable bonds is 9. The molecule has 13 heteroatoms. The Morgan fingerprint density at radius 1 is 1.26 bits per heavy atom. The number of halogens is 2. The number of benzene rings is 1. The van der Waals surface area contributed by atoms with Crippen LogP contribution in [0.5, 0.6) is 0 Å². The number of amides is 1. The Hall–Kier alpha value is -3.22. The van der Waals surface area contributed by atoms with Crippen LogP contribution in [0.2, 0.25) is 0 Å². The molecule has 170 valence electrons. The van der Waals surface area contributed by atoms with Gasteiger partial charge in [0.1, 0.15) is 11.5 Å². The average molecular weight is 459 g/mol. The quantitative estimate of drug-likeness (QED) is 0.506. The third-order valence-electron chi connectivity index (χ3n) is 4.41. The molecule has 0 bridgehead atoms. The molecule has 2 aromatic rings. The van der Waals surface area contributed by atoms with E-state index in [1.165, 1.54) is 28.6 Å². The number of likely N-dealkylation sites (N-methyl/N-ethyl adjacent to an activating group) is 1. The Morgan fingerprint density at radius 3 is 2.42 bits per heavy atom. The summed E-state index contributed by atoms with van der Waals surface area (Å²) in [6.45, 7) is 1.91. The van der Waals surface area contributed by atoms with Gasteiger partial charge in [0.25, 0.3) is 5.56 Å². The molecule has 0 aliphatic rings. The van der Waals surface area contributed by atoms with E-state index in [4.69, 9.17) is 5.73 Å². The number of hydrogen-bond acceptors (Lipinski definition) is 7. The first kappa shape index (κ1) is 24.1. The zero-order valence-corrected chi connectivity index (χ0v) is 17.7. The van der Waals surface area contributed by atoms with E-state index < -0.39 is 37.6 Å². The molecule has 10 nitrogen and oxygen atoms in total. The molecule has 1 amide bonds. The van der Waals surface area contributed by atoms with Crippen molar-refractivity contribution >= 4 is 32.9 Å². The Labute approximate surface area is 176 Å². The van der Waals surface area contributed by atoms with Crippen LogP contribution in [0.25, 0.3) is 0 Å². The van der Waals surface area contributed by atoms with Gasteiger partial charge in [0.2, 0.25) is 15.7 Å². The molecule has 1 aromatic carbocycles. The van der Waals surface area contributed by atoms with Crippen LogP contribution in [-0.2, 0) is 21.2 Å². The van der Waals surface area contributed by atoms with Gasteiger partial charge in [-0.3, -0.25) is 19.1 Å². The Bertz CT molecular complexity index is 1160. The molecule has 0 aliphatic heterocycles. The van der Waals surface area contributed by atoms with E-state index >= 15 is 0 Å². The van der Waals surface area contributed by atoms with Crippen LogP contribution in [0.15, 0.2) is 38.8 Å². The molecule has 0 atom stereocenters. The summed E-state index contributed by atoms with van der Waals surface area (Å²) in [6, 6.07) is 4.23. The number of hydrogen-bond donors (Lipinski definition) is 3. The number of alkyl halides is 2. The SMILES string of the molecule is CCCCn1c(N)c(N(C)CC(=O)Nc2ccc(S(=O)(=O)C(F)F)cc2)c(=O)[nH]c1=O. The van der Waals surface area contributed by atoms with E-state index in [0.29, 0.717) is 13.0 Å². The molecule has 0 saturated heterocycles. The molecule has 1 aromatic heterocycles. The summed E-state index contributed by atoms with van der Waals surface area (Å²) < 4.78 is 49.2. The van der Waals surface area contributed by atoms with Gasteiger partial charge in [-0.05, 0) is 30.7 Å². The Balaban J connectivity index is 2.16. The summed E-state index contributed by atoms with van der Waals surface area (Å²) in [4.78, 5) is 39.4. The van der Waals surface area contributed by atoms with Gasteiger partial charge in [-0.1, -0.05) is 13.3 Å². The van der Waals surface area contributed by atoms with Crippen LogP contribution in [0.1, 0.15) is 19.8 Å².